The number of hydrogen-bond donors (Lipinski definition) is 0. The topological polar surface area (TPSA) is 43.4 Å². The molecule has 1 rings (SSSR count). The van der Waals surface area contributed by atoms with Gasteiger partial charge in [-0.05, 0) is 55.5 Å². The molecule has 0 aliphatic heterocycles. The van der Waals surface area contributed by atoms with Crippen molar-refractivity contribution in [2.24, 2.45) is 0 Å². The molecule has 0 spiro atoms. The maximum absolute atomic E-state index is 12.2. The largest absolute Gasteiger partial charge is 0.457 e. The van der Waals surface area contributed by atoms with E-state index in [2.05, 4.69) is 15.0 Å². The average molecular weight is 356 g/mol. The van der Waals surface area contributed by atoms with Crippen molar-refractivity contribution in [2.75, 3.05) is 11.5 Å². The van der Waals surface area contributed by atoms with Crippen LogP contribution in [0.4, 0.5) is 0 Å². The summed E-state index contributed by atoms with van der Waals surface area (Å²) in [6, 6.07) is 6.49. The Balaban J connectivity index is 2.82. The summed E-state index contributed by atoms with van der Waals surface area (Å²) < 4.78 is 30.0. The predicted octanol–water partition coefficient (Wildman–Crippen LogP) is 4.40. The van der Waals surface area contributed by atoms with Crippen molar-refractivity contribution in [3.63, 3.8) is 0 Å². The van der Waals surface area contributed by atoms with Gasteiger partial charge in [0.05, 0.1) is 10.6 Å². The molecule has 0 aliphatic rings. The van der Waals surface area contributed by atoms with Crippen molar-refractivity contribution in [3.05, 3.63) is 60.9 Å². The molecule has 0 heterocycles. The van der Waals surface area contributed by atoms with Crippen molar-refractivity contribution in [2.45, 2.75) is 18.2 Å². The van der Waals surface area contributed by atoms with Gasteiger partial charge in [0.2, 0.25) is 0 Å². The molecule has 6 heteroatoms. The fourth-order valence-corrected chi connectivity index (χ4v) is 4.01. The summed E-state index contributed by atoms with van der Waals surface area (Å²) in [6.45, 7) is 5.53. The summed E-state index contributed by atoms with van der Waals surface area (Å²) in [5, 5.41) is 0. The third-order valence-electron chi connectivity index (χ3n) is 2.71. The van der Waals surface area contributed by atoms with Gasteiger partial charge in [0.15, 0.2) is 9.84 Å². The van der Waals surface area contributed by atoms with Crippen LogP contribution >= 0.6 is 19.8 Å². The van der Waals surface area contributed by atoms with Crippen LogP contribution in [0.1, 0.15) is 13.3 Å². The van der Waals surface area contributed by atoms with E-state index in [4.69, 9.17) is 4.74 Å². The highest BCUT2D eigenvalue weighted by molar-refractivity contribution is 8.43. The van der Waals surface area contributed by atoms with Crippen molar-refractivity contribution >= 4 is 29.7 Å². The monoisotopic (exact) mass is 356 g/mol. The second-order valence-corrected chi connectivity index (χ2v) is 8.27. The maximum atomic E-state index is 12.2. The van der Waals surface area contributed by atoms with Gasteiger partial charge >= 0.3 is 0 Å². The molecular formula is C16H21O3PS2. The van der Waals surface area contributed by atoms with Crippen LogP contribution in [0.15, 0.2) is 65.8 Å². The van der Waals surface area contributed by atoms with E-state index in [0.717, 1.165) is 5.75 Å². The first-order valence-corrected chi connectivity index (χ1v) is 10.9. The molecule has 0 bridgehead atoms. The van der Waals surface area contributed by atoms with Crippen LogP contribution in [-0.4, -0.2) is 19.9 Å². The van der Waals surface area contributed by atoms with Gasteiger partial charge in [-0.1, -0.05) is 27.2 Å². The second kappa shape index (κ2) is 9.88. The summed E-state index contributed by atoms with van der Waals surface area (Å²) in [6.07, 6.45) is 7.69. The number of rotatable bonds is 9. The highest BCUT2D eigenvalue weighted by atomic mass is 32.7. The Bertz CT molecular complexity index is 632. The van der Waals surface area contributed by atoms with Crippen molar-refractivity contribution in [1.82, 2.24) is 0 Å². The van der Waals surface area contributed by atoms with Gasteiger partial charge in [-0.2, -0.15) is 0 Å². The fourth-order valence-electron chi connectivity index (χ4n) is 1.71. The van der Waals surface area contributed by atoms with E-state index in [1.54, 1.807) is 47.8 Å². The molecule has 0 aromatic heterocycles. The SMILES string of the molecule is C=C/C=C(\C=C/C)Oc1ccc(S(=O)(=O)CCCSP)cc1. The molecule has 0 saturated carbocycles. The molecule has 1 unspecified atom stereocenters. The molecule has 0 fully saturated rings. The summed E-state index contributed by atoms with van der Waals surface area (Å²) in [5.74, 6) is 2.20. The standard InChI is InChI=1S/C16H21O3PS2/c1-3-6-14(7-4-2)19-15-8-10-16(11-9-15)22(17,18)13-5-12-21-20/h3-4,6-11H,1,5,12-13,20H2,2H3/b7-4-,14-6+. The maximum Gasteiger partial charge on any atom is 0.178 e. The molecule has 120 valence electrons. The number of hydrogen-bond acceptors (Lipinski definition) is 4. The van der Waals surface area contributed by atoms with Gasteiger partial charge in [-0.15, -0.1) is 11.4 Å². The van der Waals surface area contributed by atoms with Gasteiger partial charge in [0.25, 0.3) is 0 Å². The molecule has 22 heavy (non-hydrogen) atoms. The molecule has 0 radical (unpaired) electrons. The lowest BCUT2D eigenvalue weighted by Crippen LogP contribution is -2.07. The Hall–Kier alpha value is -1.03. The Morgan fingerprint density at radius 1 is 1.36 bits per heavy atom. The van der Waals surface area contributed by atoms with Crippen molar-refractivity contribution in [3.8, 4) is 5.75 Å². The van der Waals surface area contributed by atoms with Crippen LogP contribution in [0.25, 0.3) is 0 Å². The molecule has 0 N–H and O–H groups in total. The third-order valence-corrected chi connectivity index (χ3v) is 5.75. The lowest BCUT2D eigenvalue weighted by atomic mass is 10.3. The summed E-state index contributed by atoms with van der Waals surface area (Å²) in [4.78, 5) is 0.328. The second-order valence-electron chi connectivity index (χ2n) is 4.42. The summed E-state index contributed by atoms with van der Waals surface area (Å²) in [7, 11) is -0.696. The zero-order valence-electron chi connectivity index (χ0n) is 12.6. The predicted molar refractivity (Wildman–Crippen MR) is 99.0 cm³/mol. The third kappa shape index (κ3) is 6.39. The van der Waals surface area contributed by atoms with Crippen LogP contribution in [0.3, 0.4) is 0 Å². The molecule has 0 amide bonds. The summed E-state index contributed by atoms with van der Waals surface area (Å²) >= 11 is 1.57. The van der Waals surface area contributed by atoms with E-state index in [9.17, 15) is 8.42 Å². The van der Waals surface area contributed by atoms with E-state index in [1.165, 1.54) is 0 Å². The number of benzene rings is 1. The van der Waals surface area contributed by atoms with E-state index in [0.29, 0.717) is 22.8 Å². The smallest absolute Gasteiger partial charge is 0.178 e. The Morgan fingerprint density at radius 3 is 2.59 bits per heavy atom. The number of ether oxygens (including phenoxy) is 1. The molecule has 3 nitrogen and oxygen atoms in total. The van der Waals surface area contributed by atoms with Crippen LogP contribution in [0.5, 0.6) is 5.75 Å². The van der Waals surface area contributed by atoms with Gasteiger partial charge in [0, 0.05) is 0 Å². The van der Waals surface area contributed by atoms with Crippen LogP contribution in [0.2, 0.25) is 0 Å². The molecule has 1 atom stereocenters. The molecule has 1 aromatic rings. The normalized spacial score (nSPS) is 12.5. The van der Waals surface area contributed by atoms with E-state index >= 15 is 0 Å². The van der Waals surface area contributed by atoms with Gasteiger partial charge in [0.1, 0.15) is 11.5 Å². The van der Waals surface area contributed by atoms with Crippen LogP contribution < -0.4 is 4.74 Å². The highest BCUT2D eigenvalue weighted by Gasteiger charge is 2.13. The molecule has 0 saturated heterocycles. The van der Waals surface area contributed by atoms with E-state index in [1.807, 2.05) is 19.1 Å². The minimum absolute atomic E-state index is 0.162. The number of allylic oxidation sites excluding steroid dienone is 4. The Kier molecular flexibility index (Phi) is 8.54. The first kappa shape index (κ1) is 19.0. The van der Waals surface area contributed by atoms with Crippen LogP contribution in [-0.2, 0) is 9.84 Å². The quantitative estimate of drug-likeness (QED) is 0.285. The van der Waals surface area contributed by atoms with Crippen LogP contribution in [0, 0.1) is 0 Å². The lowest BCUT2D eigenvalue weighted by Gasteiger charge is -2.08. The molecule has 0 aliphatic carbocycles. The fraction of sp³-hybridized carbons (Fsp3) is 0.250. The van der Waals surface area contributed by atoms with E-state index in [-0.39, 0.29) is 5.75 Å². The van der Waals surface area contributed by atoms with Gasteiger partial charge in [-0.3, -0.25) is 0 Å². The first-order chi connectivity index (χ1) is 10.5. The zero-order valence-corrected chi connectivity index (χ0v) is 15.4. The minimum atomic E-state index is -3.22. The average Bonchev–Trinajstić information content (AvgIpc) is 2.48. The first-order valence-electron chi connectivity index (χ1n) is 6.81. The lowest BCUT2D eigenvalue weighted by molar-refractivity contribution is 0.444. The molecule has 1 aromatic carbocycles. The minimum Gasteiger partial charge on any atom is -0.457 e. The van der Waals surface area contributed by atoms with Crippen molar-refractivity contribution in [1.29, 1.82) is 0 Å². The Labute approximate surface area is 139 Å². The number of sulfone groups is 1. The summed E-state index contributed by atoms with van der Waals surface area (Å²) in [5.41, 5.74) is 0. The zero-order chi connectivity index (χ0) is 16.4. The van der Waals surface area contributed by atoms with Crippen molar-refractivity contribution < 1.29 is 13.2 Å². The molecular weight excluding hydrogens is 335 g/mol. The van der Waals surface area contributed by atoms with E-state index < -0.39 is 9.84 Å². The highest BCUT2D eigenvalue weighted by Crippen LogP contribution is 2.21. The van der Waals surface area contributed by atoms with Gasteiger partial charge < -0.3 is 4.74 Å². The Morgan fingerprint density at radius 2 is 2.05 bits per heavy atom. The van der Waals surface area contributed by atoms with Gasteiger partial charge in [-0.25, -0.2) is 8.42 Å².